The van der Waals surface area contributed by atoms with Crippen molar-refractivity contribution in [3.05, 3.63) is 59.4 Å². The van der Waals surface area contributed by atoms with Crippen LogP contribution in [0.15, 0.2) is 47.4 Å². The number of benzene rings is 2. The second-order valence-electron chi connectivity index (χ2n) is 5.50. The van der Waals surface area contributed by atoms with Crippen LogP contribution in [-0.2, 0) is 16.3 Å². The molecule has 3 aromatic rings. The van der Waals surface area contributed by atoms with E-state index in [0.29, 0.717) is 5.52 Å². The summed E-state index contributed by atoms with van der Waals surface area (Å²) in [5.41, 5.74) is 3.93. The van der Waals surface area contributed by atoms with Gasteiger partial charge in [0.1, 0.15) is 11.3 Å². The number of rotatable bonds is 2. The highest BCUT2D eigenvalue weighted by Crippen LogP contribution is 2.39. The number of aromatic amines is 1. The van der Waals surface area contributed by atoms with E-state index in [1.807, 2.05) is 18.2 Å². The summed E-state index contributed by atoms with van der Waals surface area (Å²) in [6, 6.07) is 13.5. The Morgan fingerprint density at radius 3 is 2.71 bits per heavy atom. The van der Waals surface area contributed by atoms with Gasteiger partial charge in [0, 0.05) is 12.2 Å². The Morgan fingerprint density at radius 1 is 1.14 bits per heavy atom. The summed E-state index contributed by atoms with van der Waals surface area (Å²) in [6.45, 7) is 0. The fraction of sp³-hybridized carbons (Fsp3) is 0.188. The number of hydrogen-bond acceptors (Lipinski definition) is 3. The van der Waals surface area contributed by atoms with Crippen LogP contribution in [0.25, 0.3) is 11.0 Å². The van der Waals surface area contributed by atoms with Gasteiger partial charge in [0.25, 0.3) is 0 Å². The zero-order chi connectivity index (χ0) is 14.6. The maximum atomic E-state index is 11.9. The van der Waals surface area contributed by atoms with Crippen LogP contribution >= 0.6 is 0 Å². The van der Waals surface area contributed by atoms with Crippen LogP contribution < -0.4 is 0 Å². The molecule has 0 bridgehead atoms. The number of fused-ring (bicyclic) bond motifs is 2. The van der Waals surface area contributed by atoms with Gasteiger partial charge in [-0.25, -0.2) is 13.4 Å². The molecule has 0 radical (unpaired) electrons. The first-order valence-electron chi connectivity index (χ1n) is 6.80. The molecule has 0 fully saturated rings. The molecule has 4 rings (SSSR count). The molecule has 1 aliphatic rings. The molecule has 1 atom stereocenters. The van der Waals surface area contributed by atoms with Crippen LogP contribution in [0.3, 0.4) is 0 Å². The van der Waals surface area contributed by atoms with Crippen molar-refractivity contribution in [2.24, 2.45) is 0 Å². The molecule has 0 spiro atoms. The molecule has 21 heavy (non-hydrogen) atoms. The van der Waals surface area contributed by atoms with Gasteiger partial charge in [-0.05, 0) is 29.7 Å². The SMILES string of the molecule is CS(=O)(=O)c1cccc2[nH]c(C3Cc4ccccc43)nc12. The lowest BCUT2D eigenvalue weighted by Crippen LogP contribution is -2.19. The first-order chi connectivity index (χ1) is 10.0. The van der Waals surface area contributed by atoms with Gasteiger partial charge in [-0.1, -0.05) is 30.3 Å². The lowest BCUT2D eigenvalue weighted by molar-refractivity contribution is 0.602. The molecule has 106 valence electrons. The average Bonchev–Trinajstić information content (AvgIpc) is 2.81. The summed E-state index contributed by atoms with van der Waals surface area (Å²) in [5, 5.41) is 0. The third-order valence-corrected chi connectivity index (χ3v) is 5.21. The van der Waals surface area contributed by atoms with Gasteiger partial charge in [-0.15, -0.1) is 0 Å². The van der Waals surface area contributed by atoms with E-state index in [-0.39, 0.29) is 10.8 Å². The average molecular weight is 298 g/mol. The van der Waals surface area contributed by atoms with Gasteiger partial charge in [0.05, 0.1) is 10.4 Å². The molecule has 0 aliphatic heterocycles. The minimum absolute atomic E-state index is 0.237. The number of aromatic nitrogens is 2. The molecule has 1 unspecified atom stereocenters. The summed E-state index contributed by atoms with van der Waals surface area (Å²) in [6.07, 6.45) is 2.17. The van der Waals surface area contributed by atoms with Crippen molar-refractivity contribution in [3.63, 3.8) is 0 Å². The number of nitrogens with zero attached hydrogens (tertiary/aromatic N) is 1. The first kappa shape index (κ1) is 12.6. The van der Waals surface area contributed by atoms with E-state index in [0.717, 1.165) is 17.8 Å². The van der Waals surface area contributed by atoms with E-state index in [2.05, 4.69) is 22.1 Å². The third kappa shape index (κ3) is 1.88. The number of hydrogen-bond donors (Lipinski definition) is 1. The van der Waals surface area contributed by atoms with Crippen LogP contribution in [0.2, 0.25) is 0 Å². The third-order valence-electron chi connectivity index (χ3n) is 4.08. The number of H-pyrrole nitrogens is 1. The van der Waals surface area contributed by atoms with Gasteiger partial charge >= 0.3 is 0 Å². The monoisotopic (exact) mass is 298 g/mol. The molecule has 0 saturated heterocycles. The number of sulfone groups is 1. The molecule has 0 amide bonds. The Bertz CT molecular complexity index is 957. The summed E-state index contributed by atoms with van der Waals surface area (Å²) in [4.78, 5) is 8.13. The van der Waals surface area contributed by atoms with E-state index < -0.39 is 9.84 Å². The van der Waals surface area contributed by atoms with Gasteiger partial charge in [0.15, 0.2) is 9.84 Å². The predicted octanol–water partition coefficient (Wildman–Crippen LogP) is 2.65. The fourth-order valence-electron chi connectivity index (χ4n) is 2.99. The molecule has 1 heterocycles. The maximum Gasteiger partial charge on any atom is 0.177 e. The van der Waals surface area contributed by atoms with Crippen LogP contribution in [0, 0.1) is 0 Å². The van der Waals surface area contributed by atoms with E-state index in [4.69, 9.17) is 0 Å². The zero-order valence-corrected chi connectivity index (χ0v) is 12.3. The largest absolute Gasteiger partial charge is 0.341 e. The molecule has 0 saturated carbocycles. The van der Waals surface area contributed by atoms with Crippen molar-refractivity contribution in [1.82, 2.24) is 9.97 Å². The highest BCUT2D eigenvalue weighted by atomic mass is 32.2. The standard InChI is InChI=1S/C16H14N2O2S/c1-21(19,20)14-8-4-7-13-15(14)18-16(17-13)12-9-10-5-2-3-6-11(10)12/h2-8,12H,9H2,1H3,(H,17,18). The minimum atomic E-state index is -3.27. The van der Waals surface area contributed by atoms with E-state index in [9.17, 15) is 8.42 Å². The van der Waals surface area contributed by atoms with Gasteiger partial charge < -0.3 is 4.98 Å². The maximum absolute atomic E-state index is 11.9. The molecular formula is C16H14N2O2S. The van der Waals surface area contributed by atoms with Crippen LogP contribution in [0.1, 0.15) is 22.9 Å². The second kappa shape index (κ2) is 4.18. The normalized spacial score (nSPS) is 17.5. The lowest BCUT2D eigenvalue weighted by atomic mass is 9.77. The van der Waals surface area contributed by atoms with Crippen molar-refractivity contribution in [3.8, 4) is 0 Å². The van der Waals surface area contributed by atoms with Crippen molar-refractivity contribution in [2.45, 2.75) is 17.2 Å². The van der Waals surface area contributed by atoms with Crippen LogP contribution in [0.4, 0.5) is 0 Å². The molecule has 4 nitrogen and oxygen atoms in total. The van der Waals surface area contributed by atoms with Crippen LogP contribution in [-0.4, -0.2) is 24.6 Å². The minimum Gasteiger partial charge on any atom is -0.341 e. The molecule has 1 N–H and O–H groups in total. The van der Waals surface area contributed by atoms with Gasteiger partial charge in [-0.3, -0.25) is 0 Å². The zero-order valence-electron chi connectivity index (χ0n) is 11.5. The quantitative estimate of drug-likeness (QED) is 0.791. The first-order valence-corrected chi connectivity index (χ1v) is 8.69. The van der Waals surface area contributed by atoms with Gasteiger partial charge in [0.2, 0.25) is 0 Å². The van der Waals surface area contributed by atoms with E-state index >= 15 is 0 Å². The van der Waals surface area contributed by atoms with E-state index in [1.165, 1.54) is 17.4 Å². The smallest absolute Gasteiger partial charge is 0.177 e. The van der Waals surface area contributed by atoms with Crippen molar-refractivity contribution >= 4 is 20.9 Å². The molecular weight excluding hydrogens is 284 g/mol. The molecule has 2 aromatic carbocycles. The topological polar surface area (TPSA) is 62.8 Å². The Morgan fingerprint density at radius 2 is 1.95 bits per heavy atom. The number of imidazole rings is 1. The van der Waals surface area contributed by atoms with Crippen molar-refractivity contribution in [2.75, 3.05) is 6.26 Å². The summed E-state index contributed by atoms with van der Waals surface area (Å²) < 4.78 is 23.7. The summed E-state index contributed by atoms with van der Waals surface area (Å²) >= 11 is 0. The predicted molar refractivity (Wildman–Crippen MR) is 81.2 cm³/mol. The molecule has 1 aliphatic carbocycles. The van der Waals surface area contributed by atoms with Crippen molar-refractivity contribution in [1.29, 1.82) is 0 Å². The van der Waals surface area contributed by atoms with Gasteiger partial charge in [-0.2, -0.15) is 0 Å². The van der Waals surface area contributed by atoms with Crippen LogP contribution in [0.5, 0.6) is 0 Å². The highest BCUT2D eigenvalue weighted by Gasteiger charge is 2.30. The summed E-state index contributed by atoms with van der Waals surface area (Å²) in [5.74, 6) is 1.08. The lowest BCUT2D eigenvalue weighted by Gasteiger charge is -2.28. The molecule has 1 aromatic heterocycles. The second-order valence-corrected chi connectivity index (χ2v) is 7.49. The Hall–Kier alpha value is -2.14. The number of nitrogens with one attached hydrogen (secondary N) is 1. The summed E-state index contributed by atoms with van der Waals surface area (Å²) in [7, 11) is -3.27. The molecule has 5 heteroatoms. The highest BCUT2D eigenvalue weighted by molar-refractivity contribution is 7.91. The Balaban J connectivity index is 1.87. The Labute approximate surface area is 122 Å². The Kier molecular flexibility index (Phi) is 2.50. The van der Waals surface area contributed by atoms with E-state index in [1.54, 1.807) is 12.1 Å². The van der Waals surface area contributed by atoms with Crippen molar-refractivity contribution < 1.29 is 8.42 Å². The fourth-order valence-corrected chi connectivity index (χ4v) is 3.82. The number of para-hydroxylation sites is 1.